The number of fused-ring (bicyclic) bond motifs is 1. The maximum absolute atomic E-state index is 13.2. The van der Waals surface area contributed by atoms with Crippen molar-refractivity contribution in [1.29, 1.82) is 0 Å². The Kier molecular flexibility index (Phi) is 7.89. The van der Waals surface area contributed by atoms with Crippen molar-refractivity contribution in [3.8, 4) is 0 Å². The molecule has 8 N–H and O–H groups in total. The second-order valence-electron chi connectivity index (χ2n) is 10.8. The molecule has 5 rings (SSSR count). The number of aliphatic hydroxyl groups excluding tert-OH is 1. The van der Waals surface area contributed by atoms with E-state index in [0.29, 0.717) is 17.9 Å². The lowest BCUT2D eigenvalue weighted by atomic mass is 9.78. The van der Waals surface area contributed by atoms with Crippen molar-refractivity contribution in [2.75, 3.05) is 19.6 Å². The normalized spacial score (nSPS) is 31.6. The molecule has 18 heteroatoms. The zero-order valence-electron chi connectivity index (χ0n) is 22.5. The number of carboxylic acids is 1. The number of nitrogens with zero attached hydrogens (tertiary/aromatic N) is 7. The fourth-order valence-corrected chi connectivity index (χ4v) is 7.61. The molecule has 4 aliphatic heterocycles. The van der Waals surface area contributed by atoms with Gasteiger partial charge in [-0.1, -0.05) is 6.92 Å². The molecule has 3 fully saturated rings. The lowest BCUT2D eigenvalue weighted by Gasteiger charge is -2.47. The number of aromatic nitrogens is 4. The van der Waals surface area contributed by atoms with Gasteiger partial charge < -0.3 is 42.1 Å². The first-order chi connectivity index (χ1) is 19.5. The zero-order valence-corrected chi connectivity index (χ0v) is 23.3. The van der Waals surface area contributed by atoms with E-state index in [0.717, 1.165) is 0 Å². The molecular formula is C23H33N11O6S. The van der Waals surface area contributed by atoms with Gasteiger partial charge in [-0.25, -0.2) is 14.5 Å². The number of β-amino-alcohol motifs (C(OH)–C–C–N with tert-alkyl or cyclic N) is 1. The van der Waals surface area contributed by atoms with Gasteiger partial charge in [0.1, 0.15) is 18.6 Å². The number of nitrogens with two attached hydrogens (primary N) is 2. The summed E-state index contributed by atoms with van der Waals surface area (Å²) in [4.78, 5) is 58.5. The Hall–Kier alpha value is -3.77. The summed E-state index contributed by atoms with van der Waals surface area (Å²) in [5, 5.41) is 36.8. The number of hydrogen-bond donors (Lipinski definition) is 6. The van der Waals surface area contributed by atoms with Crippen molar-refractivity contribution in [1.82, 2.24) is 40.6 Å². The maximum atomic E-state index is 13.2. The van der Waals surface area contributed by atoms with Gasteiger partial charge in [0, 0.05) is 41.7 Å². The number of carbonyl (C=O) groups is 4. The number of nitrogens with one attached hydrogen (secondary N) is 2. The summed E-state index contributed by atoms with van der Waals surface area (Å²) < 4.78 is 1.26. The molecule has 41 heavy (non-hydrogen) atoms. The molecule has 3 amide bonds. The van der Waals surface area contributed by atoms with Crippen LogP contribution in [0.2, 0.25) is 0 Å². The van der Waals surface area contributed by atoms with Crippen LogP contribution in [-0.2, 0) is 25.7 Å². The first-order valence-corrected chi connectivity index (χ1v) is 14.1. The summed E-state index contributed by atoms with van der Waals surface area (Å²) in [6.45, 7) is 4.27. The van der Waals surface area contributed by atoms with E-state index in [1.807, 2.05) is 6.92 Å². The van der Waals surface area contributed by atoms with Gasteiger partial charge in [-0.2, -0.15) is 0 Å². The van der Waals surface area contributed by atoms with Gasteiger partial charge in [0.25, 0.3) is 0 Å². The lowest BCUT2D eigenvalue weighted by molar-refractivity contribution is -0.158. The summed E-state index contributed by atoms with van der Waals surface area (Å²) in [5.74, 6) is -3.13. The predicted octanol–water partition coefficient (Wildman–Crippen LogP) is -3.74. The second-order valence-corrected chi connectivity index (χ2v) is 12.1. The largest absolute Gasteiger partial charge is 0.477 e. The number of aliphatic hydroxyl groups is 1. The van der Waals surface area contributed by atoms with Crippen LogP contribution in [0.25, 0.3) is 0 Å². The highest BCUT2D eigenvalue weighted by atomic mass is 32.2. The highest BCUT2D eigenvalue weighted by Gasteiger charge is 2.60. The Bertz CT molecular complexity index is 1280. The van der Waals surface area contributed by atoms with Crippen molar-refractivity contribution in [2.24, 2.45) is 28.3 Å². The molecular weight excluding hydrogens is 558 g/mol. The first-order valence-electron chi connectivity index (χ1n) is 13.2. The topological polar surface area (TPSA) is 247 Å². The third kappa shape index (κ3) is 5.45. The molecule has 17 nitrogen and oxygen atoms in total. The van der Waals surface area contributed by atoms with E-state index in [-0.39, 0.29) is 60.2 Å². The Balaban J connectivity index is 1.21. The smallest absolute Gasteiger partial charge is 0.353 e. The van der Waals surface area contributed by atoms with Crippen molar-refractivity contribution >= 4 is 41.4 Å². The number of aliphatic imine (C=N–C) groups is 1. The van der Waals surface area contributed by atoms with E-state index >= 15 is 0 Å². The van der Waals surface area contributed by atoms with Crippen LogP contribution in [0.3, 0.4) is 0 Å². The van der Waals surface area contributed by atoms with Gasteiger partial charge in [0.2, 0.25) is 17.7 Å². The number of tetrazole rings is 1. The van der Waals surface area contributed by atoms with E-state index in [9.17, 15) is 29.4 Å². The Morgan fingerprint density at radius 2 is 2.07 bits per heavy atom. The highest BCUT2D eigenvalue weighted by Crippen LogP contribution is 2.51. The number of thioether (sulfide) groups is 1. The van der Waals surface area contributed by atoms with Crippen LogP contribution in [0.5, 0.6) is 0 Å². The van der Waals surface area contributed by atoms with Crippen LogP contribution in [0.1, 0.15) is 20.3 Å². The molecule has 8 atom stereocenters. The average Bonchev–Trinajstić information content (AvgIpc) is 3.68. The number of β-lactam (4-membered cyclic amide) rings is 1. The second kappa shape index (κ2) is 11.2. The predicted molar refractivity (Wildman–Crippen MR) is 143 cm³/mol. The molecule has 0 aliphatic carbocycles. The molecule has 0 spiro atoms. The monoisotopic (exact) mass is 591 g/mol. The number of rotatable bonds is 9. The summed E-state index contributed by atoms with van der Waals surface area (Å²) in [6.07, 6.45) is 0.884. The molecule has 3 saturated heterocycles. The number of guanidine groups is 1. The number of amides is 3. The number of carboxylic acid groups (broad SMARTS) is 1. The van der Waals surface area contributed by atoms with Gasteiger partial charge in [-0.3, -0.25) is 14.4 Å². The van der Waals surface area contributed by atoms with Crippen LogP contribution in [-0.4, -0.2) is 125 Å². The third-order valence-electron chi connectivity index (χ3n) is 7.98. The lowest BCUT2D eigenvalue weighted by Crippen LogP contribution is -2.66. The van der Waals surface area contributed by atoms with Crippen molar-refractivity contribution in [2.45, 2.75) is 62.3 Å². The third-order valence-corrected chi connectivity index (χ3v) is 9.50. The Labute approximate surface area is 238 Å². The van der Waals surface area contributed by atoms with Crippen molar-refractivity contribution in [3.05, 3.63) is 16.9 Å². The average molecular weight is 592 g/mol. The Morgan fingerprint density at radius 3 is 2.73 bits per heavy atom. The molecule has 1 aromatic heterocycles. The number of aliphatic carboxylic acids is 1. The van der Waals surface area contributed by atoms with Crippen LogP contribution < -0.4 is 22.1 Å². The van der Waals surface area contributed by atoms with Crippen LogP contribution >= 0.6 is 11.8 Å². The van der Waals surface area contributed by atoms with E-state index in [4.69, 9.17) is 11.5 Å². The van der Waals surface area contributed by atoms with E-state index in [1.165, 1.54) is 32.6 Å². The molecule has 0 bridgehead atoms. The summed E-state index contributed by atoms with van der Waals surface area (Å²) in [7, 11) is 0. The highest BCUT2D eigenvalue weighted by molar-refractivity contribution is 8.03. The summed E-state index contributed by atoms with van der Waals surface area (Å²) in [5.41, 5.74) is 10.8. The molecule has 222 valence electrons. The van der Waals surface area contributed by atoms with Gasteiger partial charge in [-0.15, -0.1) is 16.9 Å². The molecule has 0 saturated carbocycles. The number of carbonyl (C=O) groups excluding carboxylic acids is 3. The first kappa shape index (κ1) is 28.7. The van der Waals surface area contributed by atoms with Crippen LogP contribution in [0, 0.1) is 11.8 Å². The van der Waals surface area contributed by atoms with Gasteiger partial charge in [0.05, 0.1) is 30.1 Å². The van der Waals surface area contributed by atoms with Gasteiger partial charge in [0.15, 0.2) is 5.96 Å². The standard InChI is InChI=1S/C23H33N11O6S/c1-9-17-16(10(2)28-15(36)7-33-8-27-30-31-33)21(38)34(17)18(22(39)40)19(9)41-11-3-12(26-4-11)20(37)32-5-13(14(35)6-32)29-23(24)25/h8-14,16-17,26,35H,3-7H2,1-2H3,(H,28,36)(H,39,40)(H4,24,25,29)/t9-,10-,11+,12+,13?,14+,16?,17-/m1/s1. The Morgan fingerprint density at radius 1 is 1.32 bits per heavy atom. The minimum absolute atomic E-state index is 0.0431. The molecule has 0 radical (unpaired) electrons. The van der Waals surface area contributed by atoms with Crippen molar-refractivity contribution < 1.29 is 29.4 Å². The SMILES string of the molecule is C[C@@H](NC(=O)Cn1cnnn1)C1C(=O)N2C(C(=O)O)=C(S[C@@H]3CN[C@H](C(=O)N4CC(N=C(N)N)[C@@H](O)C4)C3)[C@H](C)[C@H]12. The number of likely N-dealkylation sites (tertiary alicyclic amines) is 1. The maximum Gasteiger partial charge on any atom is 0.353 e. The fourth-order valence-electron chi connectivity index (χ4n) is 6.13. The number of hydrogen-bond acceptors (Lipinski definition) is 11. The fraction of sp³-hybridized carbons (Fsp3) is 0.652. The minimum atomic E-state index is -1.19. The van der Waals surface area contributed by atoms with E-state index in [1.54, 1.807) is 6.92 Å². The zero-order chi connectivity index (χ0) is 29.6. The molecule has 1 aromatic rings. The minimum Gasteiger partial charge on any atom is -0.477 e. The molecule has 0 aromatic carbocycles. The molecule has 2 unspecified atom stereocenters. The van der Waals surface area contributed by atoms with Crippen molar-refractivity contribution in [3.63, 3.8) is 0 Å². The quantitative estimate of drug-likeness (QED) is 0.0919. The van der Waals surface area contributed by atoms with Gasteiger partial charge >= 0.3 is 5.97 Å². The van der Waals surface area contributed by atoms with Crippen LogP contribution in [0.15, 0.2) is 21.9 Å². The van der Waals surface area contributed by atoms with Gasteiger partial charge in [-0.05, 0) is 23.8 Å². The summed E-state index contributed by atoms with van der Waals surface area (Å²) >= 11 is 1.37. The van der Waals surface area contributed by atoms with E-state index in [2.05, 4.69) is 31.2 Å². The van der Waals surface area contributed by atoms with E-state index < -0.39 is 42.2 Å². The molecule has 4 aliphatic rings. The van der Waals surface area contributed by atoms with Crippen LogP contribution in [0.4, 0.5) is 0 Å². The summed E-state index contributed by atoms with van der Waals surface area (Å²) in [6, 6.07) is -2.04. The molecule has 5 heterocycles.